The van der Waals surface area contributed by atoms with Crippen molar-refractivity contribution < 1.29 is 4.79 Å². The molecule has 0 spiro atoms. The standard InChI is InChI=1S/C14H13ClN2O/c1-10-5-3-4-6-13(10)17(2)14(18)11-7-8-16-9-12(11)15/h3-9H,1-2H3. The van der Waals surface area contributed by atoms with Crippen LogP contribution >= 0.6 is 11.6 Å². The summed E-state index contributed by atoms with van der Waals surface area (Å²) in [4.78, 5) is 17.8. The van der Waals surface area contributed by atoms with Crippen molar-refractivity contribution in [1.29, 1.82) is 0 Å². The summed E-state index contributed by atoms with van der Waals surface area (Å²) in [6.45, 7) is 1.97. The van der Waals surface area contributed by atoms with Crippen molar-refractivity contribution in [2.75, 3.05) is 11.9 Å². The van der Waals surface area contributed by atoms with Gasteiger partial charge in [-0.05, 0) is 24.6 Å². The number of pyridine rings is 1. The van der Waals surface area contributed by atoms with Crippen LogP contribution in [0.15, 0.2) is 42.7 Å². The summed E-state index contributed by atoms with van der Waals surface area (Å²) in [5.41, 5.74) is 2.37. The molecule has 3 nitrogen and oxygen atoms in total. The van der Waals surface area contributed by atoms with E-state index in [1.807, 2.05) is 31.2 Å². The van der Waals surface area contributed by atoms with Gasteiger partial charge in [0.2, 0.25) is 0 Å². The number of aryl methyl sites for hydroxylation is 1. The van der Waals surface area contributed by atoms with E-state index in [9.17, 15) is 4.79 Å². The third-order valence-electron chi connectivity index (χ3n) is 2.78. The van der Waals surface area contributed by atoms with Gasteiger partial charge < -0.3 is 4.90 Å². The zero-order valence-electron chi connectivity index (χ0n) is 10.2. The molecule has 2 rings (SSSR count). The number of anilines is 1. The van der Waals surface area contributed by atoms with Crippen molar-refractivity contribution in [3.8, 4) is 0 Å². The van der Waals surface area contributed by atoms with E-state index in [1.165, 1.54) is 6.20 Å². The number of para-hydroxylation sites is 1. The topological polar surface area (TPSA) is 33.2 Å². The fourth-order valence-corrected chi connectivity index (χ4v) is 1.98. The van der Waals surface area contributed by atoms with Crippen molar-refractivity contribution in [2.24, 2.45) is 0 Å². The average Bonchev–Trinajstić information content (AvgIpc) is 2.38. The minimum Gasteiger partial charge on any atom is -0.311 e. The number of carbonyl (C=O) groups is 1. The van der Waals surface area contributed by atoms with Crippen LogP contribution in [0.3, 0.4) is 0 Å². The highest BCUT2D eigenvalue weighted by molar-refractivity contribution is 6.34. The molecule has 0 bridgehead atoms. The lowest BCUT2D eigenvalue weighted by molar-refractivity contribution is 0.0993. The van der Waals surface area contributed by atoms with Gasteiger partial charge in [0.25, 0.3) is 5.91 Å². The minimum absolute atomic E-state index is 0.142. The Labute approximate surface area is 111 Å². The maximum atomic E-state index is 12.3. The molecule has 2 aromatic rings. The van der Waals surface area contributed by atoms with Crippen molar-refractivity contribution >= 4 is 23.2 Å². The first kappa shape index (κ1) is 12.6. The van der Waals surface area contributed by atoms with Gasteiger partial charge >= 0.3 is 0 Å². The molecule has 0 N–H and O–H groups in total. The third kappa shape index (κ3) is 2.36. The third-order valence-corrected chi connectivity index (χ3v) is 3.09. The summed E-state index contributed by atoms with van der Waals surface area (Å²) < 4.78 is 0. The summed E-state index contributed by atoms with van der Waals surface area (Å²) in [5.74, 6) is -0.142. The highest BCUT2D eigenvalue weighted by Crippen LogP contribution is 2.22. The minimum atomic E-state index is -0.142. The molecule has 4 heteroatoms. The Hall–Kier alpha value is -1.87. The Bertz CT molecular complexity index is 584. The number of carbonyl (C=O) groups excluding carboxylic acids is 1. The van der Waals surface area contributed by atoms with Crippen LogP contribution < -0.4 is 4.90 Å². The predicted molar refractivity (Wildman–Crippen MR) is 73.2 cm³/mol. The second-order valence-corrected chi connectivity index (χ2v) is 4.41. The molecule has 1 amide bonds. The summed E-state index contributed by atoms with van der Waals surface area (Å²) in [6.07, 6.45) is 3.03. The summed E-state index contributed by atoms with van der Waals surface area (Å²) >= 11 is 5.98. The maximum Gasteiger partial charge on any atom is 0.259 e. The van der Waals surface area contributed by atoms with E-state index in [0.29, 0.717) is 10.6 Å². The zero-order valence-corrected chi connectivity index (χ0v) is 11.0. The average molecular weight is 261 g/mol. The molecular formula is C14H13ClN2O. The highest BCUT2D eigenvalue weighted by atomic mass is 35.5. The van der Waals surface area contributed by atoms with Crippen LogP contribution in [0.25, 0.3) is 0 Å². The van der Waals surface area contributed by atoms with Gasteiger partial charge in [-0.3, -0.25) is 9.78 Å². The van der Waals surface area contributed by atoms with Crippen LogP contribution in [-0.4, -0.2) is 17.9 Å². The molecule has 92 valence electrons. The smallest absolute Gasteiger partial charge is 0.259 e. The first-order valence-electron chi connectivity index (χ1n) is 5.54. The molecule has 1 aromatic heterocycles. The number of hydrogen-bond donors (Lipinski definition) is 0. The van der Waals surface area contributed by atoms with Crippen LogP contribution in [0.4, 0.5) is 5.69 Å². The number of rotatable bonds is 2. The molecule has 0 atom stereocenters. The molecular weight excluding hydrogens is 248 g/mol. The van der Waals surface area contributed by atoms with Gasteiger partial charge in [0.15, 0.2) is 0 Å². The van der Waals surface area contributed by atoms with E-state index in [1.54, 1.807) is 24.2 Å². The van der Waals surface area contributed by atoms with Crippen molar-refractivity contribution in [3.63, 3.8) is 0 Å². The fourth-order valence-electron chi connectivity index (χ4n) is 1.78. The molecule has 18 heavy (non-hydrogen) atoms. The van der Waals surface area contributed by atoms with Crippen LogP contribution in [0.2, 0.25) is 5.02 Å². The lowest BCUT2D eigenvalue weighted by Crippen LogP contribution is -2.27. The number of nitrogens with zero attached hydrogens (tertiary/aromatic N) is 2. The van der Waals surface area contributed by atoms with Crippen LogP contribution in [0.5, 0.6) is 0 Å². The Kier molecular flexibility index (Phi) is 3.63. The van der Waals surface area contributed by atoms with Crippen LogP contribution in [-0.2, 0) is 0 Å². The molecule has 0 saturated carbocycles. The van der Waals surface area contributed by atoms with E-state index < -0.39 is 0 Å². The Morgan fingerprint density at radius 1 is 1.28 bits per heavy atom. The molecule has 0 aliphatic rings. The van der Waals surface area contributed by atoms with Gasteiger partial charge in [-0.25, -0.2) is 0 Å². The summed E-state index contributed by atoms with van der Waals surface area (Å²) in [5, 5.41) is 0.364. The van der Waals surface area contributed by atoms with Gasteiger partial charge in [0, 0.05) is 25.1 Å². The van der Waals surface area contributed by atoms with Crippen molar-refractivity contribution in [3.05, 3.63) is 58.9 Å². The number of aromatic nitrogens is 1. The fraction of sp³-hybridized carbons (Fsp3) is 0.143. The molecule has 0 unspecified atom stereocenters. The lowest BCUT2D eigenvalue weighted by Gasteiger charge is -2.19. The van der Waals surface area contributed by atoms with Crippen LogP contribution in [0, 0.1) is 6.92 Å². The number of hydrogen-bond acceptors (Lipinski definition) is 2. The second kappa shape index (κ2) is 5.19. The first-order valence-corrected chi connectivity index (χ1v) is 5.92. The molecule has 0 aliphatic carbocycles. The SMILES string of the molecule is Cc1ccccc1N(C)C(=O)c1ccncc1Cl. The van der Waals surface area contributed by atoms with Gasteiger partial charge in [0.1, 0.15) is 0 Å². The number of amides is 1. The molecule has 0 fully saturated rings. The maximum absolute atomic E-state index is 12.3. The van der Waals surface area contributed by atoms with Gasteiger partial charge in [0.05, 0.1) is 10.6 Å². The van der Waals surface area contributed by atoms with Gasteiger partial charge in [-0.1, -0.05) is 29.8 Å². The first-order chi connectivity index (χ1) is 8.61. The largest absolute Gasteiger partial charge is 0.311 e. The molecule has 1 heterocycles. The quantitative estimate of drug-likeness (QED) is 0.830. The summed E-state index contributed by atoms with van der Waals surface area (Å²) in [6, 6.07) is 9.34. The monoisotopic (exact) mass is 260 g/mol. The molecule has 1 aromatic carbocycles. The molecule has 0 aliphatic heterocycles. The zero-order chi connectivity index (χ0) is 13.1. The van der Waals surface area contributed by atoms with Gasteiger partial charge in [-0.2, -0.15) is 0 Å². The van der Waals surface area contributed by atoms with E-state index in [0.717, 1.165) is 11.3 Å². The Balaban J connectivity index is 2.36. The van der Waals surface area contributed by atoms with Crippen molar-refractivity contribution in [1.82, 2.24) is 4.98 Å². The van der Waals surface area contributed by atoms with Crippen LogP contribution in [0.1, 0.15) is 15.9 Å². The molecule has 0 saturated heterocycles. The Morgan fingerprint density at radius 2 is 2.00 bits per heavy atom. The number of benzene rings is 1. The predicted octanol–water partition coefficient (Wildman–Crippen LogP) is 3.32. The molecule has 0 radical (unpaired) electrons. The van der Waals surface area contributed by atoms with E-state index >= 15 is 0 Å². The number of halogens is 1. The van der Waals surface area contributed by atoms with E-state index in [4.69, 9.17) is 11.6 Å². The summed E-state index contributed by atoms with van der Waals surface area (Å²) in [7, 11) is 1.74. The van der Waals surface area contributed by atoms with E-state index in [-0.39, 0.29) is 5.91 Å². The normalized spacial score (nSPS) is 10.2. The van der Waals surface area contributed by atoms with Crippen molar-refractivity contribution in [2.45, 2.75) is 6.92 Å². The lowest BCUT2D eigenvalue weighted by atomic mass is 10.1. The van der Waals surface area contributed by atoms with E-state index in [2.05, 4.69) is 4.98 Å². The van der Waals surface area contributed by atoms with Gasteiger partial charge in [-0.15, -0.1) is 0 Å². The highest BCUT2D eigenvalue weighted by Gasteiger charge is 2.17. The second-order valence-electron chi connectivity index (χ2n) is 4.01. The Morgan fingerprint density at radius 3 is 2.67 bits per heavy atom.